The van der Waals surface area contributed by atoms with Crippen molar-refractivity contribution in [2.45, 2.75) is 18.9 Å². The molecule has 0 atom stereocenters. The molecule has 0 fully saturated rings. The quantitative estimate of drug-likeness (QED) is 0.664. The van der Waals surface area contributed by atoms with Gasteiger partial charge in [-0.25, -0.2) is 9.97 Å². The fourth-order valence-corrected chi connectivity index (χ4v) is 3.08. The predicted molar refractivity (Wildman–Crippen MR) is 79.7 cm³/mol. The zero-order valence-corrected chi connectivity index (χ0v) is 12.0. The number of aromatic nitrogens is 3. The van der Waals surface area contributed by atoms with Crippen LogP contribution in [-0.4, -0.2) is 20.6 Å². The largest absolute Gasteiger partial charge is 0.275 e. The van der Waals surface area contributed by atoms with Gasteiger partial charge < -0.3 is 0 Å². The fourth-order valence-electron chi connectivity index (χ4n) is 2.32. The van der Waals surface area contributed by atoms with Gasteiger partial charge in [-0.05, 0) is 26.2 Å². The molecule has 96 valence electrons. The van der Waals surface area contributed by atoms with Crippen LogP contribution in [0.25, 0.3) is 17.0 Å². The topological polar surface area (TPSA) is 30.2 Å². The summed E-state index contributed by atoms with van der Waals surface area (Å²) in [4.78, 5) is 9.24. The highest BCUT2D eigenvalue weighted by atomic mass is 32.2. The lowest BCUT2D eigenvalue weighted by Gasteiger charge is -2.05. The highest BCUT2D eigenvalue weighted by molar-refractivity contribution is 7.98. The van der Waals surface area contributed by atoms with Crippen molar-refractivity contribution in [3.63, 3.8) is 0 Å². The number of aryl methyl sites for hydroxylation is 2. The van der Waals surface area contributed by atoms with Crippen LogP contribution < -0.4 is 0 Å². The molecule has 0 amide bonds. The number of hydrogen-bond acceptors (Lipinski definition) is 3. The molecule has 0 saturated carbocycles. The van der Waals surface area contributed by atoms with Crippen LogP contribution in [0, 0.1) is 13.8 Å². The summed E-state index contributed by atoms with van der Waals surface area (Å²) >= 11 is 1.71. The Morgan fingerprint density at radius 3 is 2.47 bits per heavy atom. The number of imidazole rings is 1. The number of rotatable bonds is 2. The normalized spacial score (nSPS) is 11.1. The first-order valence-corrected chi connectivity index (χ1v) is 7.39. The summed E-state index contributed by atoms with van der Waals surface area (Å²) in [5, 5.41) is 1.14. The Hall–Kier alpha value is -1.81. The molecule has 2 aromatic heterocycles. The lowest BCUT2D eigenvalue weighted by molar-refractivity contribution is 0.945. The van der Waals surface area contributed by atoms with Gasteiger partial charge in [-0.3, -0.25) is 4.40 Å². The summed E-state index contributed by atoms with van der Waals surface area (Å²) in [6.07, 6.45) is 2.08. The Morgan fingerprint density at radius 2 is 1.79 bits per heavy atom. The average molecular weight is 269 g/mol. The van der Waals surface area contributed by atoms with Gasteiger partial charge in [0.1, 0.15) is 10.7 Å². The summed E-state index contributed by atoms with van der Waals surface area (Å²) in [5.41, 5.74) is 4.31. The van der Waals surface area contributed by atoms with E-state index in [1.165, 1.54) is 5.69 Å². The van der Waals surface area contributed by atoms with Crippen molar-refractivity contribution in [1.82, 2.24) is 14.4 Å². The molecular weight excluding hydrogens is 254 g/mol. The van der Waals surface area contributed by atoms with Gasteiger partial charge in [0, 0.05) is 17.0 Å². The summed E-state index contributed by atoms with van der Waals surface area (Å²) in [7, 11) is 0. The Bertz CT molecular complexity index is 732. The second-order valence-corrected chi connectivity index (χ2v) is 5.30. The average Bonchev–Trinajstić information content (AvgIpc) is 2.78. The maximum Gasteiger partial charge on any atom is 0.235 e. The van der Waals surface area contributed by atoms with Crippen LogP contribution in [0.5, 0.6) is 0 Å². The SMILES string of the molecule is CSc1c(-c2ccccc2)nc2nc(C)cc(C)n12. The predicted octanol–water partition coefficient (Wildman–Crippen LogP) is 3.74. The standard InChI is InChI=1S/C15H15N3S/c1-10-9-11(2)18-14(19-3)13(17-15(18)16-10)12-7-5-4-6-8-12/h4-9H,1-3H3. The van der Waals surface area contributed by atoms with Crippen molar-refractivity contribution in [2.24, 2.45) is 0 Å². The Balaban J connectivity index is 2.35. The lowest BCUT2D eigenvalue weighted by atomic mass is 10.2. The maximum absolute atomic E-state index is 4.71. The third kappa shape index (κ3) is 2.02. The maximum atomic E-state index is 4.71. The van der Waals surface area contributed by atoms with Gasteiger partial charge in [0.25, 0.3) is 0 Å². The zero-order chi connectivity index (χ0) is 13.4. The van der Waals surface area contributed by atoms with Crippen molar-refractivity contribution < 1.29 is 0 Å². The highest BCUT2D eigenvalue weighted by Crippen LogP contribution is 2.31. The first-order valence-electron chi connectivity index (χ1n) is 6.17. The minimum absolute atomic E-state index is 0.778. The van der Waals surface area contributed by atoms with Crippen LogP contribution in [0.1, 0.15) is 11.4 Å². The third-order valence-electron chi connectivity index (χ3n) is 3.10. The number of benzene rings is 1. The molecule has 0 N–H and O–H groups in total. The number of thioether (sulfide) groups is 1. The van der Waals surface area contributed by atoms with E-state index in [-0.39, 0.29) is 0 Å². The minimum Gasteiger partial charge on any atom is -0.275 e. The molecule has 0 bridgehead atoms. The van der Waals surface area contributed by atoms with Crippen molar-refractivity contribution in [3.8, 4) is 11.3 Å². The van der Waals surface area contributed by atoms with E-state index >= 15 is 0 Å². The highest BCUT2D eigenvalue weighted by Gasteiger charge is 2.15. The molecule has 0 unspecified atom stereocenters. The lowest BCUT2D eigenvalue weighted by Crippen LogP contribution is -1.97. The Labute approximate surface area is 116 Å². The van der Waals surface area contributed by atoms with Crippen LogP contribution in [0.3, 0.4) is 0 Å². The molecule has 0 saturated heterocycles. The van der Waals surface area contributed by atoms with Crippen molar-refractivity contribution in [1.29, 1.82) is 0 Å². The molecule has 19 heavy (non-hydrogen) atoms. The molecule has 0 aliphatic carbocycles. The van der Waals surface area contributed by atoms with E-state index in [2.05, 4.69) is 40.8 Å². The molecule has 0 spiro atoms. The van der Waals surface area contributed by atoms with Gasteiger partial charge in [-0.1, -0.05) is 30.3 Å². The van der Waals surface area contributed by atoms with E-state index in [9.17, 15) is 0 Å². The number of hydrogen-bond donors (Lipinski definition) is 0. The molecule has 3 nitrogen and oxygen atoms in total. The molecule has 0 aliphatic rings. The fraction of sp³-hybridized carbons (Fsp3) is 0.200. The van der Waals surface area contributed by atoms with E-state index < -0.39 is 0 Å². The monoisotopic (exact) mass is 269 g/mol. The van der Waals surface area contributed by atoms with Crippen LogP contribution in [0.4, 0.5) is 0 Å². The molecule has 4 heteroatoms. The smallest absolute Gasteiger partial charge is 0.235 e. The van der Waals surface area contributed by atoms with Gasteiger partial charge in [0.15, 0.2) is 0 Å². The van der Waals surface area contributed by atoms with Crippen molar-refractivity contribution in [2.75, 3.05) is 6.26 Å². The second kappa shape index (κ2) is 4.70. The van der Waals surface area contributed by atoms with Gasteiger partial charge in [0.2, 0.25) is 5.78 Å². The van der Waals surface area contributed by atoms with Gasteiger partial charge in [-0.2, -0.15) is 0 Å². The van der Waals surface area contributed by atoms with Gasteiger partial charge in [0.05, 0.1) is 0 Å². The summed E-state index contributed by atoms with van der Waals surface area (Å²) in [6.45, 7) is 4.10. The number of fused-ring (bicyclic) bond motifs is 1. The van der Waals surface area contributed by atoms with E-state index in [1.807, 2.05) is 25.1 Å². The molecule has 1 aromatic carbocycles. The second-order valence-electron chi connectivity index (χ2n) is 4.51. The van der Waals surface area contributed by atoms with Crippen LogP contribution in [-0.2, 0) is 0 Å². The molecule has 0 aliphatic heterocycles. The van der Waals surface area contributed by atoms with E-state index in [4.69, 9.17) is 4.98 Å². The van der Waals surface area contributed by atoms with E-state index in [0.29, 0.717) is 0 Å². The first kappa shape index (κ1) is 12.2. The molecule has 0 radical (unpaired) electrons. The van der Waals surface area contributed by atoms with Gasteiger partial charge in [-0.15, -0.1) is 11.8 Å². The zero-order valence-electron chi connectivity index (χ0n) is 11.2. The molecule has 3 aromatic rings. The van der Waals surface area contributed by atoms with E-state index in [0.717, 1.165) is 27.8 Å². The molecule has 2 heterocycles. The first-order chi connectivity index (χ1) is 9.20. The van der Waals surface area contributed by atoms with Crippen molar-refractivity contribution in [3.05, 3.63) is 47.8 Å². The molecular formula is C15H15N3S. The van der Waals surface area contributed by atoms with E-state index in [1.54, 1.807) is 11.8 Å². The summed E-state index contributed by atoms with van der Waals surface area (Å²) in [6, 6.07) is 12.4. The van der Waals surface area contributed by atoms with Crippen molar-refractivity contribution >= 4 is 17.5 Å². The summed E-state index contributed by atoms with van der Waals surface area (Å²) in [5.74, 6) is 0.778. The summed E-state index contributed by atoms with van der Waals surface area (Å²) < 4.78 is 2.12. The third-order valence-corrected chi connectivity index (χ3v) is 3.87. The minimum atomic E-state index is 0.778. The molecule has 3 rings (SSSR count). The Kier molecular flexibility index (Phi) is 3.03. The van der Waals surface area contributed by atoms with Crippen LogP contribution in [0.2, 0.25) is 0 Å². The Morgan fingerprint density at radius 1 is 1.05 bits per heavy atom. The van der Waals surface area contributed by atoms with Crippen LogP contribution in [0.15, 0.2) is 41.4 Å². The van der Waals surface area contributed by atoms with Gasteiger partial charge >= 0.3 is 0 Å². The van der Waals surface area contributed by atoms with Crippen LogP contribution >= 0.6 is 11.8 Å². The number of nitrogens with zero attached hydrogens (tertiary/aromatic N) is 3.